The van der Waals surface area contributed by atoms with Crippen LogP contribution in [-0.2, 0) is 13.1 Å². The van der Waals surface area contributed by atoms with E-state index in [9.17, 15) is 14.0 Å². The van der Waals surface area contributed by atoms with E-state index in [0.29, 0.717) is 17.8 Å². The number of hydrogen-bond donors (Lipinski definition) is 2. The molecule has 2 amide bonds. The first-order chi connectivity index (χ1) is 15.0. The maximum atomic E-state index is 13.2. The quantitative estimate of drug-likeness (QED) is 0.470. The molecule has 0 saturated heterocycles. The zero-order valence-electron chi connectivity index (χ0n) is 17.1. The summed E-state index contributed by atoms with van der Waals surface area (Å²) in [4.78, 5) is 30.3. The van der Waals surface area contributed by atoms with Crippen LogP contribution < -0.4 is 10.9 Å². The predicted molar refractivity (Wildman–Crippen MR) is 120 cm³/mol. The topological polar surface area (TPSA) is 65.2 Å². The Labute approximate surface area is 179 Å². The average Bonchev–Trinajstić information content (AvgIpc) is 2.77. The first kappa shape index (κ1) is 20.3. The fourth-order valence-electron chi connectivity index (χ4n) is 3.49. The van der Waals surface area contributed by atoms with Gasteiger partial charge in [0.1, 0.15) is 5.82 Å². The number of pyridine rings is 1. The summed E-state index contributed by atoms with van der Waals surface area (Å²) in [7, 11) is 0. The molecule has 1 aromatic heterocycles. The SMILES string of the molecule is Cc1cccc2cc(CN(Cc3ccccc3)C(=O)Nc3ccc(F)cc3)c(=O)[nH]c12. The lowest BCUT2D eigenvalue weighted by Gasteiger charge is -2.23. The number of fused-ring (bicyclic) bond motifs is 1. The number of anilines is 1. The highest BCUT2D eigenvalue weighted by atomic mass is 19.1. The highest BCUT2D eigenvalue weighted by Gasteiger charge is 2.17. The maximum Gasteiger partial charge on any atom is 0.322 e. The molecule has 31 heavy (non-hydrogen) atoms. The smallest absolute Gasteiger partial charge is 0.321 e. The Kier molecular flexibility index (Phi) is 5.80. The largest absolute Gasteiger partial charge is 0.322 e. The van der Waals surface area contributed by atoms with Crippen LogP contribution in [0.5, 0.6) is 0 Å². The van der Waals surface area contributed by atoms with Crippen molar-refractivity contribution in [3.05, 3.63) is 112 Å². The number of aryl methyl sites for hydroxylation is 1. The van der Waals surface area contributed by atoms with Gasteiger partial charge in [0, 0.05) is 17.8 Å². The van der Waals surface area contributed by atoms with Crippen LogP contribution in [0.1, 0.15) is 16.7 Å². The molecule has 0 unspecified atom stereocenters. The number of urea groups is 1. The number of hydrogen-bond acceptors (Lipinski definition) is 2. The van der Waals surface area contributed by atoms with Gasteiger partial charge in [-0.05, 0) is 53.8 Å². The summed E-state index contributed by atoms with van der Waals surface area (Å²) < 4.78 is 13.2. The maximum absolute atomic E-state index is 13.2. The average molecular weight is 415 g/mol. The first-order valence-corrected chi connectivity index (χ1v) is 9.96. The van der Waals surface area contributed by atoms with Gasteiger partial charge in [-0.25, -0.2) is 9.18 Å². The van der Waals surface area contributed by atoms with E-state index in [-0.39, 0.29) is 24.0 Å². The van der Waals surface area contributed by atoms with E-state index >= 15 is 0 Å². The third-order valence-electron chi connectivity index (χ3n) is 5.13. The van der Waals surface area contributed by atoms with Crippen LogP contribution in [0.4, 0.5) is 14.9 Å². The van der Waals surface area contributed by atoms with Crippen molar-refractivity contribution in [2.24, 2.45) is 0 Å². The van der Waals surface area contributed by atoms with Crippen LogP contribution in [0, 0.1) is 12.7 Å². The van der Waals surface area contributed by atoms with Gasteiger partial charge in [-0.2, -0.15) is 0 Å². The van der Waals surface area contributed by atoms with Crippen molar-refractivity contribution in [2.45, 2.75) is 20.0 Å². The number of aromatic nitrogens is 1. The molecule has 0 aliphatic heterocycles. The Bertz CT molecular complexity index is 1270. The molecule has 156 valence electrons. The van der Waals surface area contributed by atoms with Gasteiger partial charge in [0.15, 0.2) is 0 Å². The van der Waals surface area contributed by atoms with E-state index < -0.39 is 0 Å². The van der Waals surface area contributed by atoms with E-state index in [1.54, 1.807) is 4.90 Å². The summed E-state index contributed by atoms with van der Waals surface area (Å²) in [6, 6.07) is 22.4. The first-order valence-electron chi connectivity index (χ1n) is 9.96. The standard InChI is InChI=1S/C25H22FN3O2/c1-17-6-5-9-19-14-20(24(30)28-23(17)19)16-29(15-18-7-3-2-4-8-18)25(31)27-22-12-10-21(26)11-13-22/h2-14H,15-16H2,1H3,(H,27,31)(H,28,30). The summed E-state index contributed by atoms with van der Waals surface area (Å²) in [5.74, 6) is -0.378. The van der Waals surface area contributed by atoms with Gasteiger partial charge in [0.05, 0.1) is 12.1 Å². The number of aromatic amines is 1. The minimum atomic E-state index is -0.378. The van der Waals surface area contributed by atoms with Crippen LogP contribution in [0.25, 0.3) is 10.9 Å². The Balaban J connectivity index is 1.64. The summed E-state index contributed by atoms with van der Waals surface area (Å²) in [6.07, 6.45) is 0. The Morgan fingerprint density at radius 1 is 0.968 bits per heavy atom. The van der Waals surface area contributed by atoms with Crippen molar-refractivity contribution in [1.82, 2.24) is 9.88 Å². The van der Waals surface area contributed by atoms with Gasteiger partial charge < -0.3 is 15.2 Å². The molecule has 0 aliphatic rings. The monoisotopic (exact) mass is 415 g/mol. The molecule has 0 radical (unpaired) electrons. The number of nitrogens with zero attached hydrogens (tertiary/aromatic N) is 1. The normalized spacial score (nSPS) is 10.8. The minimum absolute atomic E-state index is 0.126. The second kappa shape index (κ2) is 8.83. The van der Waals surface area contributed by atoms with Crippen molar-refractivity contribution in [3.8, 4) is 0 Å². The Hall–Kier alpha value is -3.93. The third-order valence-corrected chi connectivity index (χ3v) is 5.13. The second-order valence-corrected chi connectivity index (χ2v) is 7.44. The molecule has 5 nitrogen and oxygen atoms in total. The van der Waals surface area contributed by atoms with Crippen molar-refractivity contribution in [1.29, 1.82) is 0 Å². The molecular formula is C25H22FN3O2. The Morgan fingerprint density at radius 2 is 1.71 bits per heavy atom. The zero-order valence-corrected chi connectivity index (χ0v) is 17.1. The summed E-state index contributed by atoms with van der Waals surface area (Å²) in [6.45, 7) is 2.39. The van der Waals surface area contributed by atoms with Crippen LogP contribution in [-0.4, -0.2) is 15.9 Å². The van der Waals surface area contributed by atoms with Crippen molar-refractivity contribution >= 4 is 22.6 Å². The number of para-hydroxylation sites is 1. The lowest BCUT2D eigenvalue weighted by atomic mass is 10.1. The second-order valence-electron chi connectivity index (χ2n) is 7.44. The number of halogens is 1. The van der Waals surface area contributed by atoms with Crippen LogP contribution in [0.2, 0.25) is 0 Å². The van der Waals surface area contributed by atoms with E-state index in [1.807, 2.05) is 61.5 Å². The highest BCUT2D eigenvalue weighted by molar-refractivity contribution is 5.89. The number of carbonyl (C=O) groups excluding carboxylic acids is 1. The molecule has 0 fully saturated rings. The lowest BCUT2D eigenvalue weighted by Crippen LogP contribution is -2.35. The zero-order chi connectivity index (χ0) is 21.8. The van der Waals surface area contributed by atoms with E-state index in [2.05, 4.69) is 10.3 Å². The molecule has 2 N–H and O–H groups in total. The van der Waals surface area contributed by atoms with Crippen LogP contribution in [0.3, 0.4) is 0 Å². The third kappa shape index (κ3) is 4.80. The van der Waals surface area contributed by atoms with Crippen molar-refractivity contribution in [2.75, 3.05) is 5.32 Å². The molecule has 0 spiro atoms. The molecule has 6 heteroatoms. The highest BCUT2D eigenvalue weighted by Crippen LogP contribution is 2.17. The number of benzene rings is 3. The van der Waals surface area contributed by atoms with Gasteiger partial charge in [-0.1, -0.05) is 48.5 Å². The molecule has 3 aromatic carbocycles. The minimum Gasteiger partial charge on any atom is -0.321 e. The number of nitrogens with one attached hydrogen (secondary N) is 2. The van der Waals surface area contributed by atoms with Crippen LogP contribution >= 0.6 is 0 Å². The molecule has 0 aliphatic carbocycles. The fraction of sp³-hybridized carbons (Fsp3) is 0.120. The summed E-state index contributed by atoms with van der Waals surface area (Å²) >= 11 is 0. The number of rotatable bonds is 5. The fourth-order valence-corrected chi connectivity index (χ4v) is 3.49. The van der Waals surface area contributed by atoms with E-state index in [0.717, 1.165) is 22.0 Å². The van der Waals surface area contributed by atoms with Gasteiger partial charge in [-0.3, -0.25) is 4.79 Å². The van der Waals surface area contributed by atoms with Gasteiger partial charge >= 0.3 is 6.03 Å². The molecular weight excluding hydrogens is 393 g/mol. The van der Waals surface area contributed by atoms with Gasteiger partial charge in [-0.15, -0.1) is 0 Å². The van der Waals surface area contributed by atoms with Crippen molar-refractivity contribution in [3.63, 3.8) is 0 Å². The molecule has 0 bridgehead atoms. The van der Waals surface area contributed by atoms with E-state index in [1.165, 1.54) is 24.3 Å². The lowest BCUT2D eigenvalue weighted by molar-refractivity contribution is 0.206. The predicted octanol–water partition coefficient (Wildman–Crippen LogP) is 5.21. The molecule has 4 rings (SSSR count). The summed E-state index contributed by atoms with van der Waals surface area (Å²) in [5, 5.41) is 3.69. The molecule has 4 aromatic rings. The number of amides is 2. The Morgan fingerprint density at radius 3 is 2.45 bits per heavy atom. The molecule has 1 heterocycles. The van der Waals surface area contributed by atoms with Gasteiger partial charge in [0.25, 0.3) is 5.56 Å². The van der Waals surface area contributed by atoms with Crippen molar-refractivity contribution < 1.29 is 9.18 Å². The summed E-state index contributed by atoms with van der Waals surface area (Å²) in [5.41, 5.74) is 3.45. The van der Waals surface area contributed by atoms with Gasteiger partial charge in [0.2, 0.25) is 0 Å². The molecule has 0 saturated carbocycles. The van der Waals surface area contributed by atoms with Crippen LogP contribution in [0.15, 0.2) is 83.7 Å². The van der Waals surface area contributed by atoms with E-state index in [4.69, 9.17) is 0 Å². The number of H-pyrrole nitrogens is 1. The number of carbonyl (C=O) groups is 1. The molecule has 0 atom stereocenters.